The van der Waals surface area contributed by atoms with Gasteiger partial charge in [0.2, 0.25) is 0 Å². The summed E-state index contributed by atoms with van der Waals surface area (Å²) < 4.78 is 5.03. The molecule has 0 fully saturated rings. The van der Waals surface area contributed by atoms with Gasteiger partial charge < -0.3 is 15.2 Å². The minimum absolute atomic E-state index is 0.393. The molecule has 1 amide bonds. The van der Waals surface area contributed by atoms with Crippen LogP contribution in [0.1, 0.15) is 38.1 Å². The van der Waals surface area contributed by atoms with Gasteiger partial charge in [-0.25, -0.2) is 9.59 Å². The smallest absolute Gasteiger partial charge is 0.408 e. The Labute approximate surface area is 111 Å². The Morgan fingerprint density at radius 1 is 1.37 bits per heavy atom. The zero-order valence-corrected chi connectivity index (χ0v) is 11.4. The van der Waals surface area contributed by atoms with Crippen molar-refractivity contribution in [2.24, 2.45) is 0 Å². The standard InChI is InChI=1S/C13H18N2O4/c1-8-5-6-9(7-14-8)10(11(16)17)15-12(18)19-13(2,3)4/h5-7,10H,1-4H3,(H,15,18)(H,16,17). The number of pyridine rings is 1. The van der Waals surface area contributed by atoms with Gasteiger partial charge in [-0.3, -0.25) is 4.98 Å². The van der Waals surface area contributed by atoms with Crippen molar-refractivity contribution in [3.8, 4) is 0 Å². The van der Waals surface area contributed by atoms with E-state index >= 15 is 0 Å². The predicted molar refractivity (Wildman–Crippen MR) is 68.7 cm³/mol. The van der Waals surface area contributed by atoms with Crippen LogP contribution in [0.5, 0.6) is 0 Å². The van der Waals surface area contributed by atoms with Gasteiger partial charge >= 0.3 is 12.1 Å². The molecule has 1 rings (SSSR count). The van der Waals surface area contributed by atoms with E-state index in [1.54, 1.807) is 39.8 Å². The minimum atomic E-state index is -1.18. The molecule has 1 aromatic rings. The maximum Gasteiger partial charge on any atom is 0.408 e. The molecule has 1 aromatic heterocycles. The number of aromatic nitrogens is 1. The number of carboxylic acids is 1. The Bertz CT molecular complexity index is 463. The van der Waals surface area contributed by atoms with Crippen molar-refractivity contribution >= 4 is 12.1 Å². The number of amides is 1. The molecule has 0 radical (unpaired) electrons. The SMILES string of the molecule is Cc1ccc(C(NC(=O)OC(C)(C)C)C(=O)O)cn1. The van der Waals surface area contributed by atoms with E-state index in [4.69, 9.17) is 9.84 Å². The number of hydrogen-bond donors (Lipinski definition) is 2. The lowest BCUT2D eigenvalue weighted by Crippen LogP contribution is -2.38. The van der Waals surface area contributed by atoms with Gasteiger partial charge in [0.1, 0.15) is 5.60 Å². The van der Waals surface area contributed by atoms with Gasteiger partial charge in [-0.05, 0) is 33.8 Å². The highest BCUT2D eigenvalue weighted by molar-refractivity contribution is 5.81. The lowest BCUT2D eigenvalue weighted by molar-refractivity contribution is -0.139. The Morgan fingerprint density at radius 2 is 2.00 bits per heavy atom. The van der Waals surface area contributed by atoms with Gasteiger partial charge in [0.15, 0.2) is 6.04 Å². The second-order valence-electron chi connectivity index (χ2n) is 5.15. The lowest BCUT2D eigenvalue weighted by Gasteiger charge is -2.22. The van der Waals surface area contributed by atoms with Crippen LogP contribution in [0.25, 0.3) is 0 Å². The summed E-state index contributed by atoms with van der Waals surface area (Å²) in [5.41, 5.74) is 0.479. The van der Waals surface area contributed by atoms with Crippen molar-refractivity contribution < 1.29 is 19.4 Å². The molecule has 0 aliphatic rings. The number of aliphatic carboxylic acids is 1. The Kier molecular flexibility index (Phi) is 4.47. The maximum absolute atomic E-state index is 11.6. The molecule has 6 nitrogen and oxygen atoms in total. The van der Waals surface area contributed by atoms with Crippen molar-refractivity contribution in [2.75, 3.05) is 0 Å². The number of nitrogens with one attached hydrogen (secondary N) is 1. The summed E-state index contributed by atoms with van der Waals surface area (Å²) in [5.74, 6) is -1.17. The average molecular weight is 266 g/mol. The topological polar surface area (TPSA) is 88.5 Å². The van der Waals surface area contributed by atoms with Gasteiger partial charge in [-0.1, -0.05) is 6.07 Å². The molecule has 0 saturated carbocycles. The highest BCUT2D eigenvalue weighted by Crippen LogP contribution is 2.14. The van der Waals surface area contributed by atoms with Crippen LogP contribution in [-0.2, 0) is 9.53 Å². The van der Waals surface area contributed by atoms with Gasteiger partial charge in [0, 0.05) is 17.5 Å². The number of ether oxygens (including phenoxy) is 1. The van der Waals surface area contributed by atoms with Crippen molar-refractivity contribution in [2.45, 2.75) is 39.3 Å². The summed E-state index contributed by atoms with van der Waals surface area (Å²) in [7, 11) is 0. The molecule has 1 atom stereocenters. The molecule has 6 heteroatoms. The molecule has 2 N–H and O–H groups in total. The maximum atomic E-state index is 11.6. The summed E-state index contributed by atoms with van der Waals surface area (Å²) in [6.45, 7) is 6.90. The molecule has 0 bridgehead atoms. The highest BCUT2D eigenvalue weighted by Gasteiger charge is 2.25. The molecular formula is C13H18N2O4. The first-order valence-electron chi connectivity index (χ1n) is 5.84. The molecule has 104 valence electrons. The first-order valence-corrected chi connectivity index (χ1v) is 5.84. The molecule has 0 aliphatic heterocycles. The van der Waals surface area contributed by atoms with Crippen LogP contribution in [-0.4, -0.2) is 27.8 Å². The molecule has 1 unspecified atom stereocenters. The quantitative estimate of drug-likeness (QED) is 0.874. The van der Waals surface area contributed by atoms with Crippen LogP contribution in [0.15, 0.2) is 18.3 Å². The zero-order valence-electron chi connectivity index (χ0n) is 11.4. The van der Waals surface area contributed by atoms with E-state index < -0.39 is 23.7 Å². The van der Waals surface area contributed by atoms with Crippen LogP contribution in [0, 0.1) is 6.92 Å². The molecule has 19 heavy (non-hydrogen) atoms. The van der Waals surface area contributed by atoms with Gasteiger partial charge in [0.05, 0.1) is 0 Å². The largest absolute Gasteiger partial charge is 0.479 e. The predicted octanol–water partition coefficient (Wildman–Crippen LogP) is 2.04. The number of alkyl carbamates (subject to hydrolysis) is 1. The summed E-state index contributed by atoms with van der Waals surface area (Å²) >= 11 is 0. The van der Waals surface area contributed by atoms with Crippen molar-refractivity contribution in [1.82, 2.24) is 10.3 Å². The van der Waals surface area contributed by atoms with Crippen LogP contribution in [0.3, 0.4) is 0 Å². The summed E-state index contributed by atoms with van der Waals surface area (Å²) in [5, 5.41) is 11.5. The second kappa shape index (κ2) is 5.69. The van der Waals surface area contributed by atoms with E-state index in [1.165, 1.54) is 6.20 Å². The molecule has 0 aliphatic carbocycles. The van der Waals surface area contributed by atoms with Gasteiger partial charge in [-0.2, -0.15) is 0 Å². The van der Waals surface area contributed by atoms with Crippen LogP contribution in [0.2, 0.25) is 0 Å². The summed E-state index contributed by atoms with van der Waals surface area (Å²) in [6, 6.07) is 2.11. The lowest BCUT2D eigenvalue weighted by atomic mass is 10.1. The van der Waals surface area contributed by atoms with Crippen molar-refractivity contribution in [3.63, 3.8) is 0 Å². The third-order valence-corrected chi connectivity index (χ3v) is 2.18. The molecule has 0 aromatic carbocycles. The van der Waals surface area contributed by atoms with Crippen LogP contribution in [0.4, 0.5) is 4.79 Å². The Morgan fingerprint density at radius 3 is 2.42 bits per heavy atom. The summed E-state index contributed by atoms with van der Waals surface area (Å²) in [6.07, 6.45) is 0.645. The number of carbonyl (C=O) groups is 2. The van der Waals surface area contributed by atoms with E-state index in [0.717, 1.165) is 5.69 Å². The monoisotopic (exact) mass is 266 g/mol. The molecule has 0 spiro atoms. The first-order chi connectivity index (χ1) is 8.69. The van der Waals surface area contributed by atoms with E-state index in [-0.39, 0.29) is 0 Å². The van der Waals surface area contributed by atoms with Gasteiger partial charge in [0.25, 0.3) is 0 Å². The molecule has 0 saturated heterocycles. The fourth-order valence-electron chi connectivity index (χ4n) is 1.36. The van der Waals surface area contributed by atoms with Gasteiger partial charge in [-0.15, -0.1) is 0 Å². The van der Waals surface area contributed by atoms with E-state index in [0.29, 0.717) is 5.56 Å². The molecular weight excluding hydrogens is 248 g/mol. The number of carboxylic acid groups (broad SMARTS) is 1. The minimum Gasteiger partial charge on any atom is -0.479 e. The second-order valence-corrected chi connectivity index (χ2v) is 5.15. The number of hydrogen-bond acceptors (Lipinski definition) is 4. The van der Waals surface area contributed by atoms with Crippen LogP contribution >= 0.6 is 0 Å². The number of aryl methyl sites for hydroxylation is 1. The van der Waals surface area contributed by atoms with Crippen LogP contribution < -0.4 is 5.32 Å². The normalized spacial score (nSPS) is 12.6. The van der Waals surface area contributed by atoms with E-state index in [2.05, 4.69) is 10.3 Å². The fourth-order valence-corrected chi connectivity index (χ4v) is 1.36. The summed E-state index contributed by atoms with van der Waals surface area (Å²) in [4.78, 5) is 26.8. The first kappa shape index (κ1) is 14.9. The van der Waals surface area contributed by atoms with E-state index in [9.17, 15) is 9.59 Å². The highest BCUT2D eigenvalue weighted by atomic mass is 16.6. The fraction of sp³-hybridized carbons (Fsp3) is 0.462. The number of carbonyl (C=O) groups excluding carboxylic acids is 1. The zero-order chi connectivity index (χ0) is 14.6. The third kappa shape index (κ3) is 4.95. The number of rotatable bonds is 3. The third-order valence-electron chi connectivity index (χ3n) is 2.18. The molecule has 1 heterocycles. The van der Waals surface area contributed by atoms with Crippen molar-refractivity contribution in [3.05, 3.63) is 29.6 Å². The number of nitrogens with zero attached hydrogens (tertiary/aromatic N) is 1. The van der Waals surface area contributed by atoms with E-state index in [1.807, 2.05) is 0 Å². The Balaban J connectivity index is 2.82. The van der Waals surface area contributed by atoms with Crippen molar-refractivity contribution in [1.29, 1.82) is 0 Å². The average Bonchev–Trinajstić information content (AvgIpc) is 2.24. The Hall–Kier alpha value is -2.11.